The van der Waals surface area contributed by atoms with Gasteiger partial charge in [-0.05, 0) is 26.0 Å². The summed E-state index contributed by atoms with van der Waals surface area (Å²) in [6, 6.07) is 3.10. The Bertz CT molecular complexity index is 1080. The van der Waals surface area contributed by atoms with Crippen LogP contribution in [-0.2, 0) is 0 Å². The second-order valence-corrected chi connectivity index (χ2v) is 7.91. The van der Waals surface area contributed by atoms with Crippen molar-refractivity contribution in [2.75, 3.05) is 33.3 Å². The summed E-state index contributed by atoms with van der Waals surface area (Å²) in [6.45, 7) is 3.19. The van der Waals surface area contributed by atoms with Gasteiger partial charge in [0.1, 0.15) is 22.9 Å². The van der Waals surface area contributed by atoms with Gasteiger partial charge in [0.15, 0.2) is 0 Å². The van der Waals surface area contributed by atoms with Gasteiger partial charge in [-0.1, -0.05) is 0 Å². The highest BCUT2D eigenvalue weighted by molar-refractivity contribution is 6.22. The molecule has 31 heavy (non-hydrogen) atoms. The van der Waals surface area contributed by atoms with Crippen LogP contribution >= 0.6 is 0 Å². The first-order valence-electron chi connectivity index (χ1n) is 10.1. The van der Waals surface area contributed by atoms with E-state index in [0.717, 1.165) is 5.56 Å². The number of likely N-dealkylation sites (tertiary alicyclic amines) is 1. The fraction of sp³-hybridized carbons (Fsp3) is 0.476. The van der Waals surface area contributed by atoms with Gasteiger partial charge in [0.2, 0.25) is 0 Å². The third-order valence-electron chi connectivity index (χ3n) is 5.93. The molecule has 2 aliphatic rings. The molecule has 2 aromatic heterocycles. The quantitative estimate of drug-likeness (QED) is 0.701. The van der Waals surface area contributed by atoms with Crippen LogP contribution in [0.3, 0.4) is 0 Å². The summed E-state index contributed by atoms with van der Waals surface area (Å²) in [5.74, 6) is -2.22. The van der Waals surface area contributed by atoms with E-state index in [1.165, 1.54) is 19.5 Å². The first-order valence-corrected chi connectivity index (χ1v) is 10.1. The maximum atomic E-state index is 14.2. The lowest BCUT2D eigenvalue weighted by Crippen LogP contribution is -2.64. The van der Waals surface area contributed by atoms with E-state index in [4.69, 9.17) is 15.5 Å². The van der Waals surface area contributed by atoms with Crippen LogP contribution in [0.1, 0.15) is 24.5 Å². The molecule has 0 saturated carbocycles. The van der Waals surface area contributed by atoms with Crippen molar-refractivity contribution in [3.8, 4) is 11.8 Å². The number of halogens is 2. The highest BCUT2D eigenvalue weighted by atomic mass is 19.3. The molecular formula is C21H25F2N7O. The Morgan fingerprint density at radius 2 is 2.26 bits per heavy atom. The Kier molecular flexibility index (Phi) is 5.64. The molecule has 0 amide bonds. The van der Waals surface area contributed by atoms with E-state index in [9.17, 15) is 14.0 Å². The molecule has 0 spiro atoms. The molecular weight excluding hydrogens is 404 g/mol. The predicted molar refractivity (Wildman–Crippen MR) is 113 cm³/mol. The van der Waals surface area contributed by atoms with Gasteiger partial charge in [-0.3, -0.25) is 9.89 Å². The molecule has 1 atom stereocenters. The molecule has 8 nitrogen and oxygen atoms in total. The van der Waals surface area contributed by atoms with Crippen LogP contribution in [0.2, 0.25) is 0 Å². The Morgan fingerprint density at radius 1 is 1.48 bits per heavy atom. The number of alkyl halides is 2. The summed E-state index contributed by atoms with van der Waals surface area (Å²) < 4.78 is 35.3. The molecule has 10 heteroatoms. The fourth-order valence-electron chi connectivity index (χ4n) is 4.33. The SMILES string of the molecule is COc1cc(/C(=C/N)C(C)=NC2CN(C3CCNCC3(F)F)C2)cn2ncc(C#N)c12. The third-order valence-corrected chi connectivity index (χ3v) is 5.93. The molecule has 4 rings (SSSR count). The van der Waals surface area contributed by atoms with Crippen molar-refractivity contribution in [3.05, 3.63) is 35.8 Å². The van der Waals surface area contributed by atoms with Gasteiger partial charge in [-0.15, -0.1) is 0 Å². The summed E-state index contributed by atoms with van der Waals surface area (Å²) in [5, 5.41) is 16.3. The number of piperidine rings is 1. The normalized spacial score (nSPS) is 22.9. The molecule has 0 aromatic carbocycles. The number of allylic oxidation sites excluding steroid dienone is 1. The Morgan fingerprint density at radius 3 is 2.90 bits per heavy atom. The van der Waals surface area contributed by atoms with E-state index in [2.05, 4.69) is 16.5 Å². The highest BCUT2D eigenvalue weighted by Crippen LogP contribution is 2.32. The van der Waals surface area contributed by atoms with Crippen LogP contribution in [0.5, 0.6) is 5.75 Å². The van der Waals surface area contributed by atoms with Crippen LogP contribution in [0.15, 0.2) is 29.7 Å². The number of nitrogens with one attached hydrogen (secondary N) is 1. The molecule has 164 valence electrons. The van der Waals surface area contributed by atoms with Crippen LogP contribution in [0, 0.1) is 11.3 Å². The van der Waals surface area contributed by atoms with E-state index in [-0.39, 0.29) is 12.6 Å². The van der Waals surface area contributed by atoms with Crippen LogP contribution in [-0.4, -0.2) is 71.5 Å². The Hall–Kier alpha value is -3.03. The zero-order valence-corrected chi connectivity index (χ0v) is 17.5. The summed E-state index contributed by atoms with van der Waals surface area (Å²) in [4.78, 5) is 6.54. The van der Waals surface area contributed by atoms with E-state index >= 15 is 0 Å². The molecule has 2 aromatic rings. The summed E-state index contributed by atoms with van der Waals surface area (Å²) in [5.41, 5.74) is 9.04. The number of nitrogens with zero attached hydrogens (tertiary/aromatic N) is 5. The number of pyridine rings is 1. The van der Waals surface area contributed by atoms with E-state index in [1.54, 1.807) is 16.8 Å². The number of hydrogen-bond acceptors (Lipinski definition) is 7. The minimum absolute atomic E-state index is 0.0545. The van der Waals surface area contributed by atoms with Crippen molar-refractivity contribution in [2.45, 2.75) is 31.4 Å². The average molecular weight is 429 g/mol. The lowest BCUT2D eigenvalue weighted by Gasteiger charge is -2.47. The maximum absolute atomic E-state index is 14.2. The van der Waals surface area contributed by atoms with Gasteiger partial charge in [-0.2, -0.15) is 10.4 Å². The molecule has 3 N–H and O–H groups in total. The molecule has 2 aliphatic heterocycles. The summed E-state index contributed by atoms with van der Waals surface area (Å²) in [7, 11) is 1.53. The van der Waals surface area contributed by atoms with Gasteiger partial charge >= 0.3 is 0 Å². The molecule has 2 fully saturated rings. The number of aliphatic imine (C=N–C) groups is 1. The first-order chi connectivity index (χ1) is 14.9. The second-order valence-electron chi connectivity index (χ2n) is 7.91. The van der Waals surface area contributed by atoms with Crippen molar-refractivity contribution >= 4 is 16.8 Å². The van der Waals surface area contributed by atoms with Crippen LogP contribution < -0.4 is 15.8 Å². The van der Waals surface area contributed by atoms with Crippen molar-refractivity contribution in [1.82, 2.24) is 19.8 Å². The number of ether oxygens (including phenoxy) is 1. The molecule has 4 heterocycles. The smallest absolute Gasteiger partial charge is 0.275 e. The number of aromatic nitrogens is 2. The number of fused-ring (bicyclic) bond motifs is 1. The van der Waals surface area contributed by atoms with E-state index < -0.39 is 12.0 Å². The molecule has 0 radical (unpaired) electrons. The topological polar surface area (TPSA) is 104 Å². The van der Waals surface area contributed by atoms with Gasteiger partial charge in [0.05, 0.1) is 31.9 Å². The molecule has 2 saturated heterocycles. The van der Waals surface area contributed by atoms with E-state index in [1.807, 2.05) is 11.8 Å². The van der Waals surface area contributed by atoms with Crippen molar-refractivity contribution in [3.63, 3.8) is 0 Å². The van der Waals surface area contributed by atoms with E-state index in [0.29, 0.717) is 54.2 Å². The largest absolute Gasteiger partial charge is 0.494 e. The van der Waals surface area contributed by atoms with Crippen LogP contribution in [0.4, 0.5) is 8.78 Å². The van der Waals surface area contributed by atoms with Gasteiger partial charge < -0.3 is 15.8 Å². The lowest BCUT2D eigenvalue weighted by molar-refractivity contribution is -0.114. The average Bonchev–Trinajstić information content (AvgIpc) is 3.14. The predicted octanol–water partition coefficient (Wildman–Crippen LogP) is 1.66. The fourth-order valence-corrected chi connectivity index (χ4v) is 4.33. The number of nitrogens with two attached hydrogens (primary N) is 1. The zero-order valence-electron chi connectivity index (χ0n) is 17.5. The zero-order chi connectivity index (χ0) is 22.2. The monoisotopic (exact) mass is 429 g/mol. The molecule has 1 unspecified atom stereocenters. The second kappa shape index (κ2) is 8.24. The van der Waals surface area contributed by atoms with Crippen molar-refractivity contribution in [1.29, 1.82) is 5.26 Å². The Labute approximate surface area is 179 Å². The Balaban J connectivity index is 1.53. The summed E-state index contributed by atoms with van der Waals surface area (Å²) >= 11 is 0. The van der Waals surface area contributed by atoms with Gasteiger partial charge in [-0.25, -0.2) is 13.3 Å². The molecule has 0 bridgehead atoms. The molecule has 0 aliphatic carbocycles. The van der Waals surface area contributed by atoms with Crippen LogP contribution in [0.25, 0.3) is 11.1 Å². The minimum atomic E-state index is -2.72. The maximum Gasteiger partial charge on any atom is 0.275 e. The number of methoxy groups -OCH3 is 1. The number of nitriles is 1. The lowest BCUT2D eigenvalue weighted by atomic mass is 9.95. The van der Waals surface area contributed by atoms with Crippen molar-refractivity contribution < 1.29 is 13.5 Å². The standard InChI is InChI=1S/C21H25F2N7O/c1-13(28-16-10-29(11-16)19-3-4-26-12-21(19,22)23)17(7-25)14-5-18(31-2)20-15(6-24)8-27-30(20)9-14/h5,7-9,16,19,26H,3-4,10-12,25H2,1-2H3/b17-7+,28-13?. The minimum Gasteiger partial charge on any atom is -0.494 e. The first kappa shape index (κ1) is 21.2. The third kappa shape index (κ3) is 3.86. The van der Waals surface area contributed by atoms with Gasteiger partial charge in [0, 0.05) is 42.3 Å². The number of rotatable bonds is 5. The highest BCUT2D eigenvalue weighted by Gasteiger charge is 2.48. The van der Waals surface area contributed by atoms with Gasteiger partial charge in [0.25, 0.3) is 5.92 Å². The summed E-state index contributed by atoms with van der Waals surface area (Å²) in [6.07, 6.45) is 5.14. The van der Waals surface area contributed by atoms with Crippen molar-refractivity contribution in [2.24, 2.45) is 10.7 Å². The number of hydrogen-bond donors (Lipinski definition) is 2.